The number of hydrogen-bond donors (Lipinski definition) is 1. The van der Waals surface area contributed by atoms with Crippen LogP contribution >= 0.6 is 22.9 Å². The zero-order valence-corrected chi connectivity index (χ0v) is 17.1. The number of benzene rings is 1. The Bertz CT molecular complexity index is 908. The van der Waals surface area contributed by atoms with Gasteiger partial charge < -0.3 is 10.1 Å². The molecule has 1 aliphatic rings. The van der Waals surface area contributed by atoms with Crippen molar-refractivity contribution in [3.05, 3.63) is 40.7 Å². The summed E-state index contributed by atoms with van der Waals surface area (Å²) in [7, 11) is -1.98. The molecule has 3 rings (SSSR count). The Morgan fingerprint density at radius 2 is 1.89 bits per heavy atom. The Balaban J connectivity index is 1.54. The SMILES string of the molecule is COc1ccccc1NC(=O)CN1CCN(S(=O)(=O)c2ccc(Cl)s2)CC1. The van der Waals surface area contributed by atoms with E-state index in [1.165, 1.54) is 10.4 Å². The third-order valence-electron chi connectivity index (χ3n) is 4.22. The molecule has 1 aliphatic heterocycles. The average molecular weight is 430 g/mol. The number of para-hydroxylation sites is 2. The Morgan fingerprint density at radius 1 is 1.19 bits per heavy atom. The van der Waals surface area contributed by atoms with Gasteiger partial charge in [0, 0.05) is 26.2 Å². The fourth-order valence-electron chi connectivity index (χ4n) is 2.83. The molecule has 0 atom stereocenters. The highest BCUT2D eigenvalue weighted by atomic mass is 35.5. The van der Waals surface area contributed by atoms with Gasteiger partial charge in [-0.05, 0) is 24.3 Å². The summed E-state index contributed by atoms with van der Waals surface area (Å²) >= 11 is 6.90. The number of halogens is 1. The second kappa shape index (κ2) is 8.57. The normalized spacial score (nSPS) is 16.2. The third-order valence-corrected chi connectivity index (χ3v) is 7.82. The highest BCUT2D eigenvalue weighted by Gasteiger charge is 2.30. The molecule has 2 aromatic rings. The zero-order valence-electron chi connectivity index (χ0n) is 14.7. The molecule has 1 amide bonds. The number of nitrogens with zero attached hydrogens (tertiary/aromatic N) is 2. The van der Waals surface area contributed by atoms with Crippen molar-refractivity contribution in [1.29, 1.82) is 0 Å². The summed E-state index contributed by atoms with van der Waals surface area (Å²) in [6.45, 7) is 1.83. The molecular formula is C17H20ClN3O4S2. The van der Waals surface area contributed by atoms with Crippen molar-refractivity contribution in [2.24, 2.45) is 0 Å². The van der Waals surface area contributed by atoms with E-state index in [4.69, 9.17) is 16.3 Å². The minimum Gasteiger partial charge on any atom is -0.495 e. The Morgan fingerprint density at radius 3 is 2.52 bits per heavy atom. The van der Waals surface area contributed by atoms with Gasteiger partial charge in [-0.2, -0.15) is 4.31 Å². The minimum absolute atomic E-state index is 0.166. The molecule has 27 heavy (non-hydrogen) atoms. The van der Waals surface area contributed by atoms with Gasteiger partial charge in [0.1, 0.15) is 9.96 Å². The van der Waals surface area contributed by atoms with Crippen LogP contribution in [0.25, 0.3) is 0 Å². The summed E-state index contributed by atoms with van der Waals surface area (Å²) in [6.07, 6.45) is 0. The van der Waals surface area contributed by atoms with Crippen molar-refractivity contribution in [3.8, 4) is 5.75 Å². The van der Waals surface area contributed by atoms with Crippen LogP contribution in [-0.4, -0.2) is 63.4 Å². The number of carbonyl (C=O) groups is 1. The van der Waals surface area contributed by atoms with Crippen LogP contribution in [0.4, 0.5) is 5.69 Å². The van der Waals surface area contributed by atoms with Crippen LogP contribution in [0.15, 0.2) is 40.6 Å². The molecule has 7 nitrogen and oxygen atoms in total. The summed E-state index contributed by atoms with van der Waals surface area (Å²) in [4.78, 5) is 14.2. The topological polar surface area (TPSA) is 79.0 Å². The maximum Gasteiger partial charge on any atom is 0.252 e. The molecule has 1 N–H and O–H groups in total. The lowest BCUT2D eigenvalue weighted by Gasteiger charge is -2.33. The number of hydrogen-bond acceptors (Lipinski definition) is 6. The number of carbonyl (C=O) groups excluding carboxylic acids is 1. The predicted octanol–water partition coefficient (Wildman–Crippen LogP) is 2.36. The second-order valence-corrected chi connectivity index (χ2v) is 9.87. The van der Waals surface area contributed by atoms with Crippen molar-refractivity contribution in [3.63, 3.8) is 0 Å². The first-order valence-electron chi connectivity index (χ1n) is 8.31. The molecule has 0 bridgehead atoms. The van der Waals surface area contributed by atoms with Crippen molar-refractivity contribution >= 4 is 44.6 Å². The highest BCUT2D eigenvalue weighted by molar-refractivity contribution is 7.91. The predicted molar refractivity (Wildman–Crippen MR) is 106 cm³/mol. The molecule has 0 spiro atoms. The molecule has 2 heterocycles. The Hall–Kier alpha value is -1.65. The number of amides is 1. The molecule has 1 saturated heterocycles. The van der Waals surface area contributed by atoms with Crippen LogP contribution < -0.4 is 10.1 Å². The fourth-order valence-corrected chi connectivity index (χ4v) is 5.89. The first kappa shape index (κ1) is 20.1. The van der Waals surface area contributed by atoms with E-state index >= 15 is 0 Å². The van der Waals surface area contributed by atoms with Crippen molar-refractivity contribution in [2.45, 2.75) is 4.21 Å². The Kier molecular flexibility index (Phi) is 6.38. The van der Waals surface area contributed by atoms with E-state index < -0.39 is 10.0 Å². The summed E-state index contributed by atoms with van der Waals surface area (Å²) in [5.41, 5.74) is 0.612. The van der Waals surface area contributed by atoms with Crippen LogP contribution in [0, 0.1) is 0 Å². The number of anilines is 1. The van der Waals surface area contributed by atoms with Crippen LogP contribution in [-0.2, 0) is 14.8 Å². The van der Waals surface area contributed by atoms with E-state index in [2.05, 4.69) is 5.32 Å². The molecule has 146 valence electrons. The van der Waals surface area contributed by atoms with Crippen molar-refractivity contribution in [1.82, 2.24) is 9.21 Å². The number of sulfonamides is 1. The first-order chi connectivity index (χ1) is 12.9. The van der Waals surface area contributed by atoms with Gasteiger partial charge in [-0.1, -0.05) is 23.7 Å². The number of thiophene rings is 1. The second-order valence-electron chi connectivity index (χ2n) is 5.99. The van der Waals surface area contributed by atoms with E-state index in [1.54, 1.807) is 25.3 Å². The van der Waals surface area contributed by atoms with E-state index in [0.29, 0.717) is 42.0 Å². The quantitative estimate of drug-likeness (QED) is 0.762. The molecule has 1 aromatic heterocycles. The fraction of sp³-hybridized carbons (Fsp3) is 0.353. The van der Waals surface area contributed by atoms with Gasteiger partial charge in [0.15, 0.2) is 0 Å². The van der Waals surface area contributed by atoms with Crippen molar-refractivity contribution < 1.29 is 17.9 Å². The maximum absolute atomic E-state index is 12.6. The van der Waals surface area contributed by atoms with Crippen LogP contribution in [0.3, 0.4) is 0 Å². The van der Waals surface area contributed by atoms with Crippen LogP contribution in [0.2, 0.25) is 4.34 Å². The molecule has 1 fully saturated rings. The number of ether oxygens (including phenoxy) is 1. The van der Waals surface area contributed by atoms with Gasteiger partial charge in [0.2, 0.25) is 5.91 Å². The maximum atomic E-state index is 12.6. The largest absolute Gasteiger partial charge is 0.495 e. The number of nitrogens with one attached hydrogen (secondary N) is 1. The van der Waals surface area contributed by atoms with Gasteiger partial charge in [-0.3, -0.25) is 9.69 Å². The minimum atomic E-state index is -3.53. The number of methoxy groups -OCH3 is 1. The zero-order chi connectivity index (χ0) is 19.4. The first-order valence-corrected chi connectivity index (χ1v) is 10.9. The monoisotopic (exact) mass is 429 g/mol. The van der Waals surface area contributed by atoms with Gasteiger partial charge in [-0.15, -0.1) is 11.3 Å². The lowest BCUT2D eigenvalue weighted by Crippen LogP contribution is -2.50. The van der Waals surface area contributed by atoms with Crippen LogP contribution in [0.1, 0.15) is 0 Å². The van der Waals surface area contributed by atoms with Gasteiger partial charge >= 0.3 is 0 Å². The van der Waals surface area contributed by atoms with Crippen LogP contribution in [0.5, 0.6) is 5.75 Å². The smallest absolute Gasteiger partial charge is 0.252 e. The van der Waals surface area contributed by atoms with Crippen molar-refractivity contribution in [2.75, 3.05) is 45.2 Å². The average Bonchev–Trinajstić information content (AvgIpc) is 3.10. The van der Waals surface area contributed by atoms with E-state index in [9.17, 15) is 13.2 Å². The lowest BCUT2D eigenvalue weighted by molar-refractivity contribution is -0.117. The Labute approximate surface area is 167 Å². The highest BCUT2D eigenvalue weighted by Crippen LogP contribution is 2.28. The van der Waals surface area contributed by atoms with Gasteiger partial charge in [-0.25, -0.2) is 8.42 Å². The van der Waals surface area contributed by atoms with Gasteiger partial charge in [0.05, 0.1) is 23.7 Å². The summed E-state index contributed by atoms with van der Waals surface area (Å²) in [5.74, 6) is 0.428. The molecule has 0 radical (unpaired) electrons. The van der Waals surface area contributed by atoms with E-state index in [0.717, 1.165) is 11.3 Å². The lowest BCUT2D eigenvalue weighted by atomic mass is 10.3. The van der Waals surface area contributed by atoms with E-state index in [1.807, 2.05) is 17.0 Å². The summed E-state index contributed by atoms with van der Waals surface area (Å²) < 4.78 is 32.6. The molecule has 0 aliphatic carbocycles. The third kappa shape index (κ3) is 4.80. The van der Waals surface area contributed by atoms with Gasteiger partial charge in [0.25, 0.3) is 10.0 Å². The molecule has 10 heteroatoms. The summed E-state index contributed by atoms with van der Waals surface area (Å²) in [5, 5.41) is 2.83. The molecule has 1 aromatic carbocycles. The molecular weight excluding hydrogens is 410 g/mol. The number of rotatable bonds is 6. The van der Waals surface area contributed by atoms with E-state index in [-0.39, 0.29) is 16.7 Å². The summed E-state index contributed by atoms with van der Waals surface area (Å²) in [6, 6.07) is 10.3. The molecule has 0 saturated carbocycles. The standard InChI is InChI=1S/C17H20ClN3O4S2/c1-25-14-5-3-2-4-13(14)19-16(22)12-20-8-10-21(11-9-20)27(23,24)17-7-6-15(18)26-17/h2-7H,8-12H2,1H3,(H,19,22). The number of piperazine rings is 1. The molecule has 0 unspecified atom stereocenters.